The van der Waals surface area contributed by atoms with Crippen LogP contribution in [0.2, 0.25) is 0 Å². The molecule has 0 fully saturated rings. The predicted octanol–water partition coefficient (Wildman–Crippen LogP) is 2.57. The molecule has 7 heteroatoms. The van der Waals surface area contributed by atoms with Crippen LogP contribution >= 0.6 is 12.4 Å². The van der Waals surface area contributed by atoms with Gasteiger partial charge in [-0.05, 0) is 37.2 Å². The molecule has 0 bridgehead atoms. The van der Waals surface area contributed by atoms with Gasteiger partial charge in [0, 0.05) is 13.1 Å². The van der Waals surface area contributed by atoms with Crippen LogP contribution in [-0.4, -0.2) is 34.7 Å². The Morgan fingerprint density at radius 2 is 1.73 bits per heavy atom. The maximum atomic E-state index is 12.0. The minimum Gasteiger partial charge on any atom is -0.494 e. The molecule has 0 unspecified atom stereocenters. The van der Waals surface area contributed by atoms with Crippen molar-refractivity contribution >= 4 is 22.4 Å². The third kappa shape index (κ3) is 7.98. The van der Waals surface area contributed by atoms with E-state index < -0.39 is 10.0 Å². The molecule has 0 spiro atoms. The van der Waals surface area contributed by atoms with Crippen LogP contribution in [0.1, 0.15) is 33.1 Å². The Labute approximate surface area is 140 Å². The molecule has 2 N–H and O–H groups in total. The molecule has 0 saturated heterocycles. The quantitative estimate of drug-likeness (QED) is 0.602. The van der Waals surface area contributed by atoms with Gasteiger partial charge in [0.05, 0.1) is 11.5 Å². The molecule has 22 heavy (non-hydrogen) atoms. The Balaban J connectivity index is 0.00000441. The van der Waals surface area contributed by atoms with E-state index in [0.717, 1.165) is 25.8 Å². The molecule has 0 heterocycles. The first-order chi connectivity index (χ1) is 10.1. The van der Waals surface area contributed by atoms with Crippen LogP contribution in [-0.2, 0) is 10.0 Å². The average molecular weight is 351 g/mol. The normalized spacial score (nSPS) is 11.0. The van der Waals surface area contributed by atoms with Gasteiger partial charge in [0.25, 0.3) is 0 Å². The van der Waals surface area contributed by atoms with Gasteiger partial charge in [0.1, 0.15) is 5.75 Å². The van der Waals surface area contributed by atoms with Gasteiger partial charge in [-0.25, -0.2) is 13.1 Å². The highest BCUT2D eigenvalue weighted by molar-refractivity contribution is 7.89. The summed E-state index contributed by atoms with van der Waals surface area (Å²) >= 11 is 0. The summed E-state index contributed by atoms with van der Waals surface area (Å²) in [5, 5.41) is 3.07. The second-order valence-electron chi connectivity index (χ2n) is 4.78. The molecule has 128 valence electrons. The third-order valence-electron chi connectivity index (χ3n) is 2.99. The molecular formula is C15H27ClN2O3S. The molecule has 0 radical (unpaired) electrons. The SMILES string of the molecule is CCCCCOc1ccc(S(=O)(=O)NCCNCC)cc1.Cl. The average Bonchev–Trinajstić information content (AvgIpc) is 2.49. The lowest BCUT2D eigenvalue weighted by Crippen LogP contribution is -2.31. The first-order valence-electron chi connectivity index (χ1n) is 7.53. The van der Waals surface area contributed by atoms with Crippen molar-refractivity contribution in [3.05, 3.63) is 24.3 Å². The number of ether oxygens (including phenoxy) is 1. The number of nitrogens with one attached hydrogen (secondary N) is 2. The maximum Gasteiger partial charge on any atom is 0.240 e. The van der Waals surface area contributed by atoms with Crippen LogP contribution in [0, 0.1) is 0 Å². The van der Waals surface area contributed by atoms with Crippen molar-refractivity contribution < 1.29 is 13.2 Å². The van der Waals surface area contributed by atoms with Crippen LogP contribution in [0.5, 0.6) is 5.75 Å². The number of hydrogen-bond acceptors (Lipinski definition) is 4. The van der Waals surface area contributed by atoms with Crippen molar-refractivity contribution in [1.82, 2.24) is 10.0 Å². The number of hydrogen-bond donors (Lipinski definition) is 2. The number of likely N-dealkylation sites (N-methyl/N-ethyl adjacent to an activating group) is 1. The van der Waals surface area contributed by atoms with Crippen LogP contribution in [0.25, 0.3) is 0 Å². The zero-order chi connectivity index (χ0) is 15.6. The van der Waals surface area contributed by atoms with Gasteiger partial charge in [-0.2, -0.15) is 0 Å². The van der Waals surface area contributed by atoms with Crippen molar-refractivity contribution in [1.29, 1.82) is 0 Å². The fourth-order valence-electron chi connectivity index (χ4n) is 1.79. The topological polar surface area (TPSA) is 67.4 Å². The van der Waals surface area contributed by atoms with Crippen LogP contribution in [0.15, 0.2) is 29.2 Å². The minimum atomic E-state index is -3.43. The summed E-state index contributed by atoms with van der Waals surface area (Å²) in [6.45, 7) is 6.61. The minimum absolute atomic E-state index is 0. The maximum absolute atomic E-state index is 12.0. The summed E-state index contributed by atoms with van der Waals surface area (Å²) in [4.78, 5) is 0.264. The Morgan fingerprint density at radius 1 is 1.05 bits per heavy atom. The number of benzene rings is 1. The molecule has 0 amide bonds. The highest BCUT2D eigenvalue weighted by Crippen LogP contribution is 2.16. The number of sulfonamides is 1. The first kappa shape index (κ1) is 21.2. The Hall–Kier alpha value is -0.820. The molecule has 0 aromatic heterocycles. The van der Waals surface area contributed by atoms with Crippen molar-refractivity contribution in [3.63, 3.8) is 0 Å². The van der Waals surface area contributed by atoms with Crippen LogP contribution in [0.3, 0.4) is 0 Å². The lowest BCUT2D eigenvalue weighted by atomic mass is 10.3. The molecule has 1 aromatic carbocycles. The lowest BCUT2D eigenvalue weighted by molar-refractivity contribution is 0.306. The van der Waals surface area contributed by atoms with E-state index in [-0.39, 0.29) is 17.3 Å². The summed E-state index contributed by atoms with van der Waals surface area (Å²) < 4.78 is 32.2. The van der Waals surface area contributed by atoms with E-state index in [4.69, 9.17) is 4.74 Å². The van der Waals surface area contributed by atoms with Crippen molar-refractivity contribution in [2.24, 2.45) is 0 Å². The molecule has 0 atom stereocenters. The van der Waals surface area contributed by atoms with E-state index in [1.54, 1.807) is 24.3 Å². The first-order valence-corrected chi connectivity index (χ1v) is 9.01. The van der Waals surface area contributed by atoms with Gasteiger partial charge in [0.2, 0.25) is 10.0 Å². The van der Waals surface area contributed by atoms with E-state index in [1.807, 2.05) is 6.92 Å². The Kier molecular flexibility index (Phi) is 11.3. The molecule has 0 aliphatic carbocycles. The largest absolute Gasteiger partial charge is 0.494 e. The van der Waals surface area contributed by atoms with Gasteiger partial charge >= 0.3 is 0 Å². The monoisotopic (exact) mass is 350 g/mol. The summed E-state index contributed by atoms with van der Waals surface area (Å²) in [7, 11) is -3.43. The smallest absolute Gasteiger partial charge is 0.240 e. The molecule has 1 aromatic rings. The van der Waals surface area contributed by atoms with Gasteiger partial charge < -0.3 is 10.1 Å². The van der Waals surface area contributed by atoms with E-state index in [0.29, 0.717) is 25.4 Å². The standard InChI is InChI=1S/C15H26N2O3S.ClH/c1-3-5-6-13-20-14-7-9-15(10-8-14)21(18,19)17-12-11-16-4-2;/h7-10,16-17H,3-6,11-13H2,1-2H3;1H. The Morgan fingerprint density at radius 3 is 2.32 bits per heavy atom. The summed E-state index contributed by atoms with van der Waals surface area (Å²) in [5.74, 6) is 0.706. The second kappa shape index (κ2) is 11.7. The molecular weight excluding hydrogens is 324 g/mol. The molecule has 0 aliphatic rings. The van der Waals surface area contributed by atoms with E-state index >= 15 is 0 Å². The predicted molar refractivity (Wildman–Crippen MR) is 92.4 cm³/mol. The van der Waals surface area contributed by atoms with Gasteiger partial charge in [0.15, 0.2) is 0 Å². The van der Waals surface area contributed by atoms with Crippen molar-refractivity contribution in [3.8, 4) is 5.75 Å². The number of unbranched alkanes of at least 4 members (excludes halogenated alkanes) is 2. The zero-order valence-electron chi connectivity index (χ0n) is 13.3. The molecule has 1 rings (SSSR count). The molecule has 0 aliphatic heterocycles. The van der Waals surface area contributed by atoms with Gasteiger partial charge in [-0.3, -0.25) is 0 Å². The van der Waals surface area contributed by atoms with Crippen molar-refractivity contribution in [2.45, 2.75) is 38.0 Å². The van der Waals surface area contributed by atoms with E-state index in [2.05, 4.69) is 17.0 Å². The third-order valence-corrected chi connectivity index (χ3v) is 4.47. The highest BCUT2D eigenvalue weighted by atomic mass is 35.5. The summed E-state index contributed by atoms with van der Waals surface area (Å²) in [6, 6.07) is 6.55. The van der Waals surface area contributed by atoms with Gasteiger partial charge in [-0.15, -0.1) is 12.4 Å². The molecule has 5 nitrogen and oxygen atoms in total. The summed E-state index contributed by atoms with van der Waals surface area (Å²) in [6.07, 6.45) is 3.31. The number of rotatable bonds is 11. The van der Waals surface area contributed by atoms with Crippen LogP contribution in [0.4, 0.5) is 0 Å². The lowest BCUT2D eigenvalue weighted by Gasteiger charge is -2.09. The van der Waals surface area contributed by atoms with Gasteiger partial charge in [-0.1, -0.05) is 26.7 Å². The van der Waals surface area contributed by atoms with Crippen LogP contribution < -0.4 is 14.8 Å². The Bertz CT molecular complexity index is 492. The highest BCUT2D eigenvalue weighted by Gasteiger charge is 2.12. The number of halogens is 1. The van der Waals surface area contributed by atoms with Crippen molar-refractivity contribution in [2.75, 3.05) is 26.2 Å². The van der Waals surface area contributed by atoms with E-state index in [1.165, 1.54) is 0 Å². The second-order valence-corrected chi connectivity index (χ2v) is 6.55. The van der Waals surface area contributed by atoms with E-state index in [9.17, 15) is 8.42 Å². The summed E-state index contributed by atoms with van der Waals surface area (Å²) in [5.41, 5.74) is 0. The fourth-order valence-corrected chi connectivity index (χ4v) is 2.82. The fraction of sp³-hybridized carbons (Fsp3) is 0.600. The molecule has 0 saturated carbocycles. The zero-order valence-corrected chi connectivity index (χ0v) is 14.9.